The van der Waals surface area contributed by atoms with Crippen LogP contribution in [0.1, 0.15) is 24.4 Å². The van der Waals surface area contributed by atoms with Crippen LogP contribution in [0, 0.1) is 0 Å². The highest BCUT2D eigenvalue weighted by Crippen LogP contribution is 2.35. The fourth-order valence-electron chi connectivity index (χ4n) is 2.31. The molecule has 0 fully saturated rings. The maximum absolute atomic E-state index is 11.6. The summed E-state index contributed by atoms with van der Waals surface area (Å²) < 4.78 is 15.5. The number of nitrogens with one attached hydrogen (secondary N) is 1. The van der Waals surface area contributed by atoms with Gasteiger partial charge in [-0.05, 0) is 6.07 Å². The second-order valence-electron chi connectivity index (χ2n) is 4.99. The minimum atomic E-state index is -0.588. The average Bonchev–Trinajstić information content (AvgIpc) is 3.19. The van der Waals surface area contributed by atoms with Gasteiger partial charge >= 0.3 is 6.09 Å². The van der Waals surface area contributed by atoms with Gasteiger partial charge in [0.2, 0.25) is 11.7 Å². The first-order valence-corrected chi connectivity index (χ1v) is 7.35. The number of hydrogen-bond acceptors (Lipinski definition) is 7. The van der Waals surface area contributed by atoms with Gasteiger partial charge in [0, 0.05) is 17.5 Å². The summed E-state index contributed by atoms with van der Waals surface area (Å²) in [4.78, 5) is 15.8. The second kappa shape index (κ2) is 6.66. The molecule has 0 spiro atoms. The molecule has 122 valence electrons. The summed E-state index contributed by atoms with van der Waals surface area (Å²) in [6.07, 6.45) is 0.0893. The molecule has 0 aliphatic carbocycles. The van der Waals surface area contributed by atoms with Gasteiger partial charge in [0.25, 0.3) is 0 Å². The van der Waals surface area contributed by atoms with Crippen LogP contribution in [0.15, 0.2) is 22.7 Å². The van der Waals surface area contributed by atoms with E-state index in [-0.39, 0.29) is 19.3 Å². The molecule has 0 radical (unpaired) electrons. The van der Waals surface area contributed by atoms with E-state index < -0.39 is 6.09 Å². The molecule has 23 heavy (non-hydrogen) atoms. The van der Waals surface area contributed by atoms with Crippen LogP contribution in [0.2, 0.25) is 0 Å². The van der Waals surface area contributed by atoms with Crippen molar-refractivity contribution in [3.05, 3.63) is 29.7 Å². The number of rotatable bonds is 5. The minimum absolute atomic E-state index is 0.0389. The standard InChI is InChI=1S/C15H17N3O5/c1-2-13-17-14(18-23-13)9-3-4-10-11(8-22-12(10)7-9)16-15(20)21-6-5-19/h3-4,7,11,19H,2,5-6,8H2,1H3,(H,16,20). The number of ether oxygens (including phenoxy) is 2. The monoisotopic (exact) mass is 319 g/mol. The maximum Gasteiger partial charge on any atom is 0.407 e. The van der Waals surface area contributed by atoms with Crippen LogP contribution in [-0.2, 0) is 11.2 Å². The van der Waals surface area contributed by atoms with Crippen molar-refractivity contribution in [2.75, 3.05) is 19.8 Å². The predicted octanol–water partition coefficient (Wildman–Crippen LogP) is 1.45. The normalized spacial score (nSPS) is 15.8. The van der Waals surface area contributed by atoms with Crippen LogP contribution in [0.3, 0.4) is 0 Å². The molecule has 3 rings (SSSR count). The third kappa shape index (κ3) is 3.26. The SMILES string of the molecule is CCc1nc(-c2ccc3c(c2)OCC3NC(=O)OCCO)no1. The summed E-state index contributed by atoms with van der Waals surface area (Å²) in [6, 6.07) is 5.24. The molecule has 1 aliphatic heterocycles. The minimum Gasteiger partial charge on any atom is -0.491 e. The zero-order valence-corrected chi connectivity index (χ0v) is 12.6. The molecule has 2 N–H and O–H groups in total. The van der Waals surface area contributed by atoms with Gasteiger partial charge in [-0.1, -0.05) is 24.2 Å². The van der Waals surface area contributed by atoms with Crippen LogP contribution in [0.4, 0.5) is 4.79 Å². The number of nitrogens with zero attached hydrogens (tertiary/aromatic N) is 2. The third-order valence-electron chi connectivity index (χ3n) is 3.44. The van der Waals surface area contributed by atoms with Gasteiger partial charge < -0.3 is 24.4 Å². The number of carbonyl (C=O) groups is 1. The molecule has 2 heterocycles. The number of aromatic nitrogens is 2. The Hall–Kier alpha value is -2.61. The zero-order chi connectivity index (χ0) is 16.2. The Morgan fingerprint density at radius 1 is 1.52 bits per heavy atom. The quantitative estimate of drug-likeness (QED) is 0.859. The number of hydrogen-bond donors (Lipinski definition) is 2. The van der Waals surface area contributed by atoms with Gasteiger partial charge in [-0.25, -0.2) is 4.79 Å². The molecule has 1 aromatic carbocycles. The van der Waals surface area contributed by atoms with E-state index >= 15 is 0 Å². The van der Waals surface area contributed by atoms with Gasteiger partial charge in [0.15, 0.2) is 0 Å². The van der Waals surface area contributed by atoms with E-state index in [9.17, 15) is 4.79 Å². The van der Waals surface area contributed by atoms with E-state index in [0.29, 0.717) is 30.5 Å². The molecule has 8 heteroatoms. The lowest BCUT2D eigenvalue weighted by Gasteiger charge is -2.11. The van der Waals surface area contributed by atoms with E-state index in [0.717, 1.165) is 11.1 Å². The highest BCUT2D eigenvalue weighted by molar-refractivity contribution is 5.69. The summed E-state index contributed by atoms with van der Waals surface area (Å²) in [6.45, 7) is 2.01. The van der Waals surface area contributed by atoms with E-state index in [4.69, 9.17) is 19.1 Å². The second-order valence-corrected chi connectivity index (χ2v) is 4.99. The van der Waals surface area contributed by atoms with Crippen molar-refractivity contribution in [2.24, 2.45) is 0 Å². The topological polar surface area (TPSA) is 107 Å². The molecule has 1 atom stereocenters. The van der Waals surface area contributed by atoms with Gasteiger partial charge in [-0.15, -0.1) is 0 Å². The molecule has 2 aromatic rings. The van der Waals surface area contributed by atoms with Crippen LogP contribution in [-0.4, -0.2) is 41.2 Å². The Bertz CT molecular complexity index is 700. The maximum atomic E-state index is 11.6. The highest BCUT2D eigenvalue weighted by atomic mass is 16.6. The largest absolute Gasteiger partial charge is 0.491 e. The third-order valence-corrected chi connectivity index (χ3v) is 3.44. The summed E-state index contributed by atoms with van der Waals surface area (Å²) >= 11 is 0. The van der Waals surface area contributed by atoms with Gasteiger partial charge in [0.1, 0.15) is 19.0 Å². The van der Waals surface area contributed by atoms with Crippen molar-refractivity contribution in [3.63, 3.8) is 0 Å². The Labute approximate surface area is 132 Å². The Balaban J connectivity index is 1.73. The fraction of sp³-hybridized carbons (Fsp3) is 0.400. The number of fused-ring (bicyclic) bond motifs is 1. The van der Waals surface area contributed by atoms with Crippen molar-refractivity contribution in [1.82, 2.24) is 15.5 Å². The summed E-state index contributed by atoms with van der Waals surface area (Å²) in [5.74, 6) is 1.75. The summed E-state index contributed by atoms with van der Waals surface area (Å²) in [5, 5.41) is 15.3. The van der Waals surface area contributed by atoms with Crippen LogP contribution in [0.25, 0.3) is 11.4 Å². The lowest BCUT2D eigenvalue weighted by molar-refractivity contribution is 0.115. The number of aliphatic hydroxyl groups excluding tert-OH is 1. The summed E-state index contributed by atoms with van der Waals surface area (Å²) in [5.41, 5.74) is 1.64. The van der Waals surface area contributed by atoms with E-state index in [2.05, 4.69) is 15.5 Å². The van der Waals surface area contributed by atoms with Gasteiger partial charge in [-0.2, -0.15) is 4.98 Å². The van der Waals surface area contributed by atoms with Crippen LogP contribution < -0.4 is 10.1 Å². The highest BCUT2D eigenvalue weighted by Gasteiger charge is 2.27. The van der Waals surface area contributed by atoms with E-state index in [1.165, 1.54) is 0 Å². The smallest absolute Gasteiger partial charge is 0.407 e. The first kappa shape index (κ1) is 15.3. The lowest BCUT2D eigenvalue weighted by Crippen LogP contribution is -2.30. The average molecular weight is 319 g/mol. The molecule has 0 saturated heterocycles. The van der Waals surface area contributed by atoms with Crippen LogP contribution >= 0.6 is 0 Å². The van der Waals surface area contributed by atoms with E-state index in [1.54, 1.807) is 0 Å². The van der Waals surface area contributed by atoms with Crippen molar-refractivity contribution < 1.29 is 23.9 Å². The molecular formula is C15H17N3O5. The summed E-state index contributed by atoms with van der Waals surface area (Å²) in [7, 11) is 0. The van der Waals surface area contributed by atoms with Gasteiger partial charge in [0.05, 0.1) is 12.6 Å². The van der Waals surface area contributed by atoms with Crippen molar-refractivity contribution in [2.45, 2.75) is 19.4 Å². The molecule has 1 aliphatic rings. The molecule has 1 amide bonds. The predicted molar refractivity (Wildman–Crippen MR) is 78.9 cm³/mol. The number of aliphatic hydroxyl groups is 1. The van der Waals surface area contributed by atoms with E-state index in [1.807, 2.05) is 25.1 Å². The first-order valence-electron chi connectivity index (χ1n) is 7.35. The fourth-order valence-corrected chi connectivity index (χ4v) is 2.31. The number of amides is 1. The first-order chi connectivity index (χ1) is 11.2. The van der Waals surface area contributed by atoms with Crippen molar-refractivity contribution >= 4 is 6.09 Å². The molecule has 0 bridgehead atoms. The van der Waals surface area contributed by atoms with Gasteiger partial charge in [-0.3, -0.25) is 0 Å². The lowest BCUT2D eigenvalue weighted by atomic mass is 10.1. The Morgan fingerprint density at radius 2 is 2.39 bits per heavy atom. The zero-order valence-electron chi connectivity index (χ0n) is 12.6. The number of carbonyl (C=O) groups excluding carboxylic acids is 1. The number of alkyl carbamates (subject to hydrolysis) is 1. The van der Waals surface area contributed by atoms with Crippen LogP contribution in [0.5, 0.6) is 5.75 Å². The molecular weight excluding hydrogens is 302 g/mol. The molecule has 1 unspecified atom stereocenters. The number of aryl methyl sites for hydroxylation is 1. The Morgan fingerprint density at radius 3 is 3.13 bits per heavy atom. The molecule has 1 aromatic heterocycles. The Kier molecular flexibility index (Phi) is 4.42. The molecule has 0 saturated carbocycles. The number of benzene rings is 1. The van der Waals surface area contributed by atoms with Crippen molar-refractivity contribution in [3.8, 4) is 17.1 Å². The molecule has 8 nitrogen and oxygen atoms in total. The van der Waals surface area contributed by atoms with Crippen molar-refractivity contribution in [1.29, 1.82) is 0 Å².